The van der Waals surface area contributed by atoms with Crippen LogP contribution >= 0.6 is 11.6 Å². The van der Waals surface area contributed by atoms with Crippen molar-refractivity contribution in [3.63, 3.8) is 0 Å². The van der Waals surface area contributed by atoms with Crippen molar-refractivity contribution < 1.29 is 9.42 Å². The first-order chi connectivity index (χ1) is 8.61. The van der Waals surface area contributed by atoms with E-state index in [2.05, 4.69) is 20.3 Å². The Bertz CT molecular complexity index is 646. The number of nitrogens with two attached hydrogens (primary N) is 1. The second kappa shape index (κ2) is 4.73. The summed E-state index contributed by atoms with van der Waals surface area (Å²) in [6.07, 6.45) is 0. The lowest BCUT2D eigenvalue weighted by molar-refractivity contribution is 0.101. The van der Waals surface area contributed by atoms with Crippen LogP contribution in [0.5, 0.6) is 0 Å². The van der Waals surface area contributed by atoms with Crippen LogP contribution in [0.3, 0.4) is 0 Å². The van der Waals surface area contributed by atoms with Crippen LogP contribution in [0.2, 0.25) is 5.02 Å². The Morgan fingerprint density at radius 2 is 2.28 bits per heavy atom. The zero-order valence-electron chi connectivity index (χ0n) is 8.85. The number of carbonyl (C=O) groups excluding carboxylic acids is 1. The lowest BCUT2D eigenvalue weighted by Gasteiger charge is -2.04. The number of nitrogen functional groups attached to an aromatic ring is 1. The molecule has 8 heteroatoms. The fraction of sp³-hybridized carbons (Fsp3) is 0. The molecule has 1 amide bonds. The molecule has 2 aromatic rings. The van der Waals surface area contributed by atoms with Gasteiger partial charge in [0, 0.05) is 5.69 Å². The zero-order valence-corrected chi connectivity index (χ0v) is 9.60. The van der Waals surface area contributed by atoms with E-state index < -0.39 is 5.91 Å². The van der Waals surface area contributed by atoms with E-state index in [0.29, 0.717) is 11.3 Å². The van der Waals surface area contributed by atoms with Crippen molar-refractivity contribution >= 4 is 29.0 Å². The summed E-state index contributed by atoms with van der Waals surface area (Å²) < 4.78 is 4.31. The SMILES string of the molecule is N#Cc1ccc(NC(=O)c2nonc2N)cc1Cl. The van der Waals surface area contributed by atoms with Crippen LogP contribution in [0.1, 0.15) is 16.1 Å². The minimum absolute atomic E-state index is 0.104. The van der Waals surface area contributed by atoms with Crippen LogP contribution in [-0.4, -0.2) is 16.2 Å². The molecule has 3 N–H and O–H groups in total. The molecule has 0 fully saturated rings. The molecule has 1 aromatic heterocycles. The maximum Gasteiger partial charge on any atom is 0.281 e. The van der Waals surface area contributed by atoms with Gasteiger partial charge in [0.2, 0.25) is 11.5 Å². The van der Waals surface area contributed by atoms with E-state index in [1.807, 2.05) is 6.07 Å². The maximum absolute atomic E-state index is 11.7. The molecule has 0 bridgehead atoms. The van der Waals surface area contributed by atoms with Gasteiger partial charge in [-0.05, 0) is 28.5 Å². The molecule has 0 aliphatic rings. The highest BCUT2D eigenvalue weighted by molar-refractivity contribution is 6.32. The predicted octanol–water partition coefficient (Wildman–Crippen LogP) is 1.43. The van der Waals surface area contributed by atoms with Crippen LogP contribution in [0, 0.1) is 11.3 Å². The monoisotopic (exact) mass is 263 g/mol. The smallest absolute Gasteiger partial charge is 0.281 e. The standard InChI is InChI=1S/C10H6ClN5O2/c11-7-3-6(2-1-5(7)4-12)14-10(17)8-9(13)16-18-15-8/h1-3H,(H2,13,16)(H,14,17). The van der Waals surface area contributed by atoms with Gasteiger partial charge in [0.1, 0.15) is 6.07 Å². The first kappa shape index (κ1) is 11.9. The minimum Gasteiger partial charge on any atom is -0.379 e. The van der Waals surface area contributed by atoms with Gasteiger partial charge in [0.25, 0.3) is 5.91 Å². The highest BCUT2D eigenvalue weighted by Gasteiger charge is 2.16. The van der Waals surface area contributed by atoms with E-state index in [1.54, 1.807) is 0 Å². The van der Waals surface area contributed by atoms with Gasteiger partial charge in [-0.3, -0.25) is 4.79 Å². The second-order valence-electron chi connectivity index (χ2n) is 3.26. The number of aromatic nitrogens is 2. The Kier molecular flexibility index (Phi) is 3.12. The van der Waals surface area contributed by atoms with Gasteiger partial charge in [0.05, 0.1) is 10.6 Å². The molecule has 0 aliphatic carbocycles. The van der Waals surface area contributed by atoms with Crippen molar-refractivity contribution in [3.05, 3.63) is 34.5 Å². The lowest BCUT2D eigenvalue weighted by Crippen LogP contribution is -2.14. The summed E-state index contributed by atoms with van der Waals surface area (Å²) in [5.74, 6) is -0.679. The first-order valence-corrected chi connectivity index (χ1v) is 5.08. The van der Waals surface area contributed by atoms with Gasteiger partial charge in [-0.1, -0.05) is 11.6 Å². The summed E-state index contributed by atoms with van der Waals surface area (Å²) in [5, 5.41) is 18.1. The topological polar surface area (TPSA) is 118 Å². The Morgan fingerprint density at radius 1 is 1.50 bits per heavy atom. The second-order valence-corrected chi connectivity index (χ2v) is 3.67. The third-order valence-electron chi connectivity index (χ3n) is 2.08. The van der Waals surface area contributed by atoms with Crippen molar-refractivity contribution in [2.24, 2.45) is 0 Å². The fourth-order valence-electron chi connectivity index (χ4n) is 1.23. The summed E-state index contributed by atoms with van der Waals surface area (Å²) in [7, 11) is 0. The summed E-state index contributed by atoms with van der Waals surface area (Å²) in [5.41, 5.74) is 5.98. The quantitative estimate of drug-likeness (QED) is 0.846. The molecule has 0 atom stereocenters. The number of nitrogens with zero attached hydrogens (tertiary/aromatic N) is 3. The molecule has 0 spiro atoms. The normalized spacial score (nSPS) is 9.78. The molecular formula is C10H6ClN5O2. The van der Waals surface area contributed by atoms with E-state index >= 15 is 0 Å². The van der Waals surface area contributed by atoms with E-state index in [4.69, 9.17) is 22.6 Å². The number of hydrogen-bond acceptors (Lipinski definition) is 6. The van der Waals surface area contributed by atoms with Gasteiger partial charge in [-0.2, -0.15) is 5.26 Å². The number of hydrogen-bond donors (Lipinski definition) is 2. The Hall–Kier alpha value is -2.59. The van der Waals surface area contributed by atoms with Crippen LogP contribution < -0.4 is 11.1 Å². The molecule has 0 aliphatic heterocycles. The molecule has 1 aromatic carbocycles. The Labute approximate surface area is 106 Å². The van der Waals surface area contributed by atoms with Gasteiger partial charge >= 0.3 is 0 Å². The number of amides is 1. The Balaban J connectivity index is 2.21. The average Bonchev–Trinajstić information content (AvgIpc) is 2.76. The van der Waals surface area contributed by atoms with Gasteiger partial charge < -0.3 is 11.1 Å². The predicted molar refractivity (Wildman–Crippen MR) is 62.8 cm³/mol. The van der Waals surface area contributed by atoms with Crippen molar-refractivity contribution in [3.8, 4) is 6.07 Å². The van der Waals surface area contributed by atoms with E-state index in [0.717, 1.165) is 0 Å². The third kappa shape index (κ3) is 2.23. The van der Waals surface area contributed by atoms with E-state index in [-0.39, 0.29) is 16.5 Å². The van der Waals surface area contributed by atoms with Crippen molar-refractivity contribution in [2.45, 2.75) is 0 Å². The van der Waals surface area contributed by atoms with Crippen LogP contribution in [0.15, 0.2) is 22.8 Å². The van der Waals surface area contributed by atoms with Crippen LogP contribution in [-0.2, 0) is 0 Å². The summed E-state index contributed by atoms with van der Waals surface area (Å²) in [6, 6.07) is 6.38. The van der Waals surface area contributed by atoms with Crippen molar-refractivity contribution in [1.82, 2.24) is 10.3 Å². The van der Waals surface area contributed by atoms with Crippen LogP contribution in [0.25, 0.3) is 0 Å². The molecule has 7 nitrogen and oxygen atoms in total. The average molecular weight is 264 g/mol. The van der Waals surface area contributed by atoms with Gasteiger partial charge in [-0.25, -0.2) is 4.63 Å². The Morgan fingerprint density at radius 3 is 2.83 bits per heavy atom. The number of anilines is 2. The molecule has 0 unspecified atom stereocenters. The third-order valence-corrected chi connectivity index (χ3v) is 2.39. The van der Waals surface area contributed by atoms with Crippen molar-refractivity contribution in [1.29, 1.82) is 5.26 Å². The highest BCUT2D eigenvalue weighted by Crippen LogP contribution is 2.20. The first-order valence-electron chi connectivity index (χ1n) is 4.71. The maximum atomic E-state index is 11.7. The number of halogens is 1. The van der Waals surface area contributed by atoms with Crippen molar-refractivity contribution in [2.75, 3.05) is 11.1 Å². The summed E-state index contributed by atoms with van der Waals surface area (Å²) in [6.45, 7) is 0. The van der Waals surface area contributed by atoms with E-state index in [9.17, 15) is 4.79 Å². The zero-order chi connectivity index (χ0) is 13.1. The summed E-state index contributed by atoms with van der Waals surface area (Å²) in [4.78, 5) is 11.7. The molecular weight excluding hydrogens is 258 g/mol. The number of nitriles is 1. The highest BCUT2D eigenvalue weighted by atomic mass is 35.5. The number of benzene rings is 1. The lowest BCUT2D eigenvalue weighted by atomic mass is 10.2. The minimum atomic E-state index is -0.575. The molecule has 0 saturated heterocycles. The number of nitrogens with one attached hydrogen (secondary N) is 1. The summed E-state index contributed by atoms with van der Waals surface area (Å²) >= 11 is 5.82. The molecule has 0 radical (unpaired) electrons. The fourth-order valence-corrected chi connectivity index (χ4v) is 1.45. The molecule has 0 saturated carbocycles. The van der Waals surface area contributed by atoms with Crippen LogP contribution in [0.4, 0.5) is 11.5 Å². The largest absolute Gasteiger partial charge is 0.379 e. The van der Waals surface area contributed by atoms with Gasteiger partial charge in [0.15, 0.2) is 0 Å². The molecule has 2 rings (SSSR count). The molecule has 18 heavy (non-hydrogen) atoms. The molecule has 1 heterocycles. The molecule has 90 valence electrons. The number of rotatable bonds is 2. The number of carbonyl (C=O) groups is 1. The van der Waals surface area contributed by atoms with E-state index in [1.165, 1.54) is 18.2 Å². The van der Waals surface area contributed by atoms with Gasteiger partial charge in [-0.15, -0.1) is 0 Å².